The normalized spacial score (nSPS) is 26.0. The summed E-state index contributed by atoms with van der Waals surface area (Å²) in [6, 6.07) is 5.91. The maximum Gasteiger partial charge on any atom is 0.417 e. The minimum absolute atomic E-state index is 0.0625. The summed E-state index contributed by atoms with van der Waals surface area (Å²) in [5, 5.41) is 12.2. The van der Waals surface area contributed by atoms with E-state index in [1.807, 2.05) is 4.90 Å². The van der Waals surface area contributed by atoms with Crippen molar-refractivity contribution in [1.29, 1.82) is 5.26 Å². The second-order valence-corrected chi connectivity index (χ2v) is 10.4. The lowest BCUT2D eigenvalue weighted by Gasteiger charge is -2.42. The molecule has 1 amide bonds. The highest BCUT2D eigenvalue weighted by atomic mass is 19.4. The minimum Gasteiger partial charge on any atom is -0.359 e. The van der Waals surface area contributed by atoms with Crippen LogP contribution in [-0.2, 0) is 11.0 Å². The van der Waals surface area contributed by atoms with Gasteiger partial charge in [0.05, 0.1) is 17.2 Å². The standard InChI is InChI=1S/C25H31F3N4O/c26-25(27,28)21-13-20(8-5-17(21)15-29)32-16-24(14-22(32)23(33)30-18-6-7-18)9-11-31(12-10-24)19-3-1-2-4-19/h5,8,13,18-19,22H,1-4,6-7,9-12,14,16H2,(H,30,33). The maximum absolute atomic E-state index is 13.6. The summed E-state index contributed by atoms with van der Waals surface area (Å²) in [6.07, 6.45) is 5.04. The zero-order chi connectivity index (χ0) is 23.2. The van der Waals surface area contributed by atoms with Crippen LogP contribution >= 0.6 is 0 Å². The lowest BCUT2D eigenvalue weighted by molar-refractivity contribution is -0.137. The summed E-state index contributed by atoms with van der Waals surface area (Å²) in [4.78, 5) is 17.6. The summed E-state index contributed by atoms with van der Waals surface area (Å²) in [5.41, 5.74) is -0.996. The first-order valence-corrected chi connectivity index (χ1v) is 12.2. The Morgan fingerprint density at radius 2 is 1.82 bits per heavy atom. The van der Waals surface area contributed by atoms with Crippen LogP contribution in [0.25, 0.3) is 0 Å². The van der Waals surface area contributed by atoms with Crippen molar-refractivity contribution in [1.82, 2.24) is 10.2 Å². The summed E-state index contributed by atoms with van der Waals surface area (Å²) in [7, 11) is 0. The van der Waals surface area contributed by atoms with E-state index in [2.05, 4.69) is 10.2 Å². The molecule has 0 bridgehead atoms. The molecule has 4 fully saturated rings. The number of hydrogen-bond donors (Lipinski definition) is 1. The molecule has 1 unspecified atom stereocenters. The van der Waals surface area contributed by atoms with Crippen LogP contribution in [0, 0.1) is 16.7 Å². The molecule has 4 aliphatic rings. The molecule has 33 heavy (non-hydrogen) atoms. The average Bonchev–Trinajstić information content (AvgIpc) is 3.30. The number of carbonyl (C=O) groups excluding carboxylic acids is 1. The fourth-order valence-electron chi connectivity index (χ4n) is 6.13. The third kappa shape index (κ3) is 4.57. The Kier molecular flexibility index (Phi) is 5.80. The summed E-state index contributed by atoms with van der Waals surface area (Å²) >= 11 is 0. The highest BCUT2D eigenvalue weighted by Crippen LogP contribution is 2.47. The zero-order valence-corrected chi connectivity index (χ0v) is 18.8. The minimum atomic E-state index is -4.61. The van der Waals surface area contributed by atoms with Gasteiger partial charge in [-0.25, -0.2) is 0 Å². The van der Waals surface area contributed by atoms with E-state index in [0.29, 0.717) is 24.7 Å². The highest BCUT2D eigenvalue weighted by Gasteiger charge is 2.49. The molecule has 5 rings (SSSR count). The molecule has 1 N–H and O–H groups in total. The number of anilines is 1. The summed E-state index contributed by atoms with van der Waals surface area (Å²) < 4.78 is 40.9. The van der Waals surface area contributed by atoms with E-state index in [1.165, 1.54) is 31.7 Å². The Labute approximate surface area is 192 Å². The average molecular weight is 461 g/mol. The smallest absolute Gasteiger partial charge is 0.359 e. The third-order valence-electron chi connectivity index (χ3n) is 8.20. The van der Waals surface area contributed by atoms with Gasteiger partial charge in [-0.3, -0.25) is 4.79 Å². The van der Waals surface area contributed by atoms with Gasteiger partial charge in [0, 0.05) is 24.3 Å². The van der Waals surface area contributed by atoms with Crippen LogP contribution in [0.15, 0.2) is 18.2 Å². The van der Waals surface area contributed by atoms with Crippen LogP contribution < -0.4 is 10.2 Å². The van der Waals surface area contributed by atoms with Gasteiger partial charge < -0.3 is 15.1 Å². The maximum atomic E-state index is 13.6. The van der Waals surface area contributed by atoms with Crippen LogP contribution in [0.5, 0.6) is 0 Å². The van der Waals surface area contributed by atoms with Gasteiger partial charge in [0.1, 0.15) is 6.04 Å². The van der Waals surface area contributed by atoms with E-state index in [4.69, 9.17) is 5.26 Å². The van der Waals surface area contributed by atoms with Crippen LogP contribution in [0.2, 0.25) is 0 Å². The summed E-state index contributed by atoms with van der Waals surface area (Å²) in [6.45, 7) is 2.57. The molecule has 2 heterocycles. The van der Waals surface area contributed by atoms with Crippen molar-refractivity contribution in [3.8, 4) is 6.07 Å². The first-order valence-electron chi connectivity index (χ1n) is 12.2. The van der Waals surface area contributed by atoms with Gasteiger partial charge >= 0.3 is 6.18 Å². The van der Waals surface area contributed by atoms with E-state index in [1.54, 1.807) is 12.1 Å². The van der Waals surface area contributed by atoms with Crippen molar-refractivity contribution in [2.45, 2.75) is 82.1 Å². The molecule has 1 spiro atoms. The molecule has 2 aliphatic carbocycles. The number of alkyl halides is 3. The van der Waals surface area contributed by atoms with E-state index in [-0.39, 0.29) is 22.9 Å². The molecule has 1 aromatic rings. The van der Waals surface area contributed by atoms with Crippen molar-refractivity contribution >= 4 is 11.6 Å². The Bertz CT molecular complexity index is 938. The molecule has 8 heteroatoms. The molecular formula is C25H31F3N4O. The predicted octanol–water partition coefficient (Wildman–Crippen LogP) is 4.46. The van der Waals surface area contributed by atoms with Gasteiger partial charge in [-0.2, -0.15) is 18.4 Å². The third-order valence-corrected chi connectivity index (χ3v) is 8.20. The largest absolute Gasteiger partial charge is 0.417 e. The number of benzene rings is 1. The number of nitriles is 1. The predicted molar refractivity (Wildman–Crippen MR) is 119 cm³/mol. The molecule has 1 aromatic carbocycles. The number of likely N-dealkylation sites (tertiary alicyclic amines) is 1. The number of nitrogens with zero attached hydrogens (tertiary/aromatic N) is 3. The molecule has 1 atom stereocenters. The number of hydrogen-bond acceptors (Lipinski definition) is 4. The van der Waals surface area contributed by atoms with Gasteiger partial charge in [0.2, 0.25) is 5.91 Å². The van der Waals surface area contributed by atoms with Crippen molar-refractivity contribution in [2.24, 2.45) is 5.41 Å². The number of piperidine rings is 1. The van der Waals surface area contributed by atoms with Crippen LogP contribution in [0.1, 0.15) is 68.9 Å². The van der Waals surface area contributed by atoms with Crippen molar-refractivity contribution in [3.63, 3.8) is 0 Å². The second kappa shape index (κ2) is 8.50. The Morgan fingerprint density at radius 3 is 2.42 bits per heavy atom. The number of nitrogens with one attached hydrogen (secondary N) is 1. The van der Waals surface area contributed by atoms with E-state index < -0.39 is 17.8 Å². The lowest BCUT2D eigenvalue weighted by Crippen LogP contribution is -2.45. The second-order valence-electron chi connectivity index (χ2n) is 10.4. The zero-order valence-electron chi connectivity index (χ0n) is 18.8. The van der Waals surface area contributed by atoms with Gasteiger partial charge in [-0.1, -0.05) is 12.8 Å². The van der Waals surface area contributed by atoms with Crippen molar-refractivity contribution in [2.75, 3.05) is 24.5 Å². The van der Waals surface area contributed by atoms with Gasteiger partial charge in [0.15, 0.2) is 0 Å². The molecule has 5 nitrogen and oxygen atoms in total. The molecule has 0 aromatic heterocycles. The summed E-state index contributed by atoms with van der Waals surface area (Å²) in [5.74, 6) is -0.0782. The fraction of sp³-hybridized carbons (Fsp3) is 0.680. The molecule has 178 valence electrons. The Balaban J connectivity index is 1.40. The van der Waals surface area contributed by atoms with Crippen LogP contribution in [-0.4, -0.2) is 48.6 Å². The lowest BCUT2D eigenvalue weighted by atomic mass is 9.76. The number of halogens is 3. The first kappa shape index (κ1) is 22.5. The van der Waals surface area contributed by atoms with Crippen LogP contribution in [0.4, 0.5) is 18.9 Å². The SMILES string of the molecule is N#Cc1ccc(N2CC3(CCN(C4CCCC4)CC3)CC2C(=O)NC2CC2)cc1C(F)(F)F. The molecule has 2 saturated heterocycles. The quantitative estimate of drug-likeness (QED) is 0.721. The fourth-order valence-corrected chi connectivity index (χ4v) is 6.13. The number of amides is 1. The monoisotopic (exact) mass is 460 g/mol. The van der Waals surface area contributed by atoms with Crippen molar-refractivity contribution in [3.05, 3.63) is 29.3 Å². The van der Waals surface area contributed by atoms with Gasteiger partial charge in [-0.05, 0) is 81.6 Å². The van der Waals surface area contributed by atoms with Gasteiger partial charge in [0.25, 0.3) is 0 Å². The molecule has 2 saturated carbocycles. The van der Waals surface area contributed by atoms with E-state index in [0.717, 1.165) is 44.8 Å². The highest BCUT2D eigenvalue weighted by molar-refractivity contribution is 5.86. The van der Waals surface area contributed by atoms with Gasteiger partial charge in [-0.15, -0.1) is 0 Å². The molecular weight excluding hydrogens is 429 g/mol. The van der Waals surface area contributed by atoms with E-state index >= 15 is 0 Å². The Hall–Kier alpha value is -2.27. The molecule has 2 aliphatic heterocycles. The number of carbonyl (C=O) groups is 1. The number of rotatable bonds is 4. The topological polar surface area (TPSA) is 59.4 Å². The van der Waals surface area contributed by atoms with E-state index in [9.17, 15) is 18.0 Å². The Morgan fingerprint density at radius 1 is 1.12 bits per heavy atom. The van der Waals surface area contributed by atoms with Crippen molar-refractivity contribution < 1.29 is 18.0 Å². The van der Waals surface area contributed by atoms with Crippen LogP contribution in [0.3, 0.4) is 0 Å². The molecule has 0 radical (unpaired) electrons. The first-order chi connectivity index (χ1) is 15.8.